The minimum absolute atomic E-state index is 0.827. The molecule has 0 bridgehead atoms. The first kappa shape index (κ1) is 11.3. The third kappa shape index (κ3) is 2.68. The lowest BCUT2D eigenvalue weighted by atomic mass is 10.4. The average Bonchev–Trinajstić information content (AvgIpc) is 2.87. The molecule has 0 unspecified atom stereocenters. The standard InChI is InChI=1S/C11H16N4S/c1-3-15-8-13-6-10(15)5-12-7-11-14-4-9(2)16-11/h4,6,8,12H,3,5,7H2,1-2H3. The van der Waals surface area contributed by atoms with Crippen LogP contribution in [0, 0.1) is 6.92 Å². The topological polar surface area (TPSA) is 42.7 Å². The van der Waals surface area contributed by atoms with Gasteiger partial charge in [0.2, 0.25) is 0 Å². The second-order valence-corrected chi connectivity index (χ2v) is 4.96. The molecule has 0 amide bonds. The van der Waals surface area contributed by atoms with Crippen molar-refractivity contribution in [2.24, 2.45) is 0 Å². The van der Waals surface area contributed by atoms with Crippen molar-refractivity contribution in [2.75, 3.05) is 0 Å². The number of rotatable bonds is 5. The van der Waals surface area contributed by atoms with Crippen molar-refractivity contribution in [3.05, 3.63) is 34.3 Å². The maximum atomic E-state index is 4.31. The number of nitrogens with zero attached hydrogens (tertiary/aromatic N) is 3. The van der Waals surface area contributed by atoms with Crippen molar-refractivity contribution in [3.63, 3.8) is 0 Å². The average molecular weight is 236 g/mol. The molecule has 0 saturated heterocycles. The van der Waals surface area contributed by atoms with Crippen LogP contribution in [0.3, 0.4) is 0 Å². The smallest absolute Gasteiger partial charge is 0.107 e. The zero-order valence-corrected chi connectivity index (χ0v) is 10.4. The molecule has 0 aromatic carbocycles. The SMILES string of the molecule is CCn1cncc1CNCc1ncc(C)s1. The van der Waals surface area contributed by atoms with Gasteiger partial charge in [-0.15, -0.1) is 11.3 Å². The van der Waals surface area contributed by atoms with Gasteiger partial charge in [-0.1, -0.05) is 0 Å². The van der Waals surface area contributed by atoms with Gasteiger partial charge in [0.1, 0.15) is 5.01 Å². The molecule has 0 aliphatic rings. The van der Waals surface area contributed by atoms with Crippen molar-refractivity contribution in [1.82, 2.24) is 19.9 Å². The summed E-state index contributed by atoms with van der Waals surface area (Å²) in [5, 5.41) is 4.52. The molecule has 16 heavy (non-hydrogen) atoms. The van der Waals surface area contributed by atoms with E-state index in [0.717, 1.165) is 24.6 Å². The first-order chi connectivity index (χ1) is 7.79. The van der Waals surface area contributed by atoms with Crippen LogP contribution in [0.15, 0.2) is 18.7 Å². The highest BCUT2D eigenvalue weighted by Crippen LogP contribution is 2.10. The Hall–Kier alpha value is -1.20. The predicted octanol–water partition coefficient (Wildman–Crippen LogP) is 1.96. The van der Waals surface area contributed by atoms with Gasteiger partial charge in [0.05, 0.1) is 12.0 Å². The van der Waals surface area contributed by atoms with Crippen molar-refractivity contribution in [3.8, 4) is 0 Å². The summed E-state index contributed by atoms with van der Waals surface area (Å²) in [6, 6.07) is 0. The molecule has 0 radical (unpaired) electrons. The zero-order valence-electron chi connectivity index (χ0n) is 9.60. The molecule has 4 nitrogen and oxygen atoms in total. The zero-order chi connectivity index (χ0) is 11.4. The number of imidazole rings is 1. The fourth-order valence-corrected chi connectivity index (χ4v) is 2.32. The minimum Gasteiger partial charge on any atom is -0.334 e. The quantitative estimate of drug-likeness (QED) is 0.863. The Morgan fingerprint density at radius 1 is 1.38 bits per heavy atom. The van der Waals surface area contributed by atoms with Crippen LogP contribution in [0.1, 0.15) is 22.5 Å². The van der Waals surface area contributed by atoms with Crippen LogP contribution in [-0.2, 0) is 19.6 Å². The number of nitrogens with one attached hydrogen (secondary N) is 1. The number of hydrogen-bond donors (Lipinski definition) is 1. The van der Waals surface area contributed by atoms with Gasteiger partial charge in [-0.2, -0.15) is 0 Å². The fraction of sp³-hybridized carbons (Fsp3) is 0.455. The van der Waals surface area contributed by atoms with Crippen LogP contribution < -0.4 is 5.32 Å². The van der Waals surface area contributed by atoms with Crippen molar-refractivity contribution in [1.29, 1.82) is 0 Å². The van der Waals surface area contributed by atoms with Crippen LogP contribution in [0.25, 0.3) is 0 Å². The summed E-state index contributed by atoms with van der Waals surface area (Å²) < 4.78 is 2.14. The molecular weight excluding hydrogens is 220 g/mol. The highest BCUT2D eigenvalue weighted by molar-refractivity contribution is 7.11. The molecule has 0 fully saturated rings. The van der Waals surface area contributed by atoms with E-state index in [9.17, 15) is 0 Å². The Bertz CT molecular complexity index is 446. The Kier molecular flexibility index (Phi) is 3.69. The second-order valence-electron chi connectivity index (χ2n) is 3.64. The predicted molar refractivity (Wildman–Crippen MR) is 65.3 cm³/mol. The van der Waals surface area contributed by atoms with E-state index in [1.807, 2.05) is 18.7 Å². The van der Waals surface area contributed by atoms with E-state index in [1.165, 1.54) is 10.6 Å². The van der Waals surface area contributed by atoms with Crippen LogP contribution in [0.2, 0.25) is 0 Å². The number of hydrogen-bond acceptors (Lipinski definition) is 4. The maximum Gasteiger partial charge on any atom is 0.107 e. The first-order valence-electron chi connectivity index (χ1n) is 5.40. The summed E-state index contributed by atoms with van der Waals surface area (Å²) >= 11 is 1.74. The monoisotopic (exact) mass is 236 g/mol. The fourth-order valence-electron chi connectivity index (χ4n) is 1.56. The van der Waals surface area contributed by atoms with Gasteiger partial charge in [0.25, 0.3) is 0 Å². The van der Waals surface area contributed by atoms with Crippen LogP contribution >= 0.6 is 11.3 Å². The van der Waals surface area contributed by atoms with Gasteiger partial charge >= 0.3 is 0 Å². The summed E-state index contributed by atoms with van der Waals surface area (Å²) in [6.07, 6.45) is 5.69. The van der Waals surface area contributed by atoms with Gasteiger partial charge in [0, 0.05) is 36.9 Å². The lowest BCUT2D eigenvalue weighted by Crippen LogP contribution is -2.15. The summed E-state index contributed by atoms with van der Waals surface area (Å²) in [5.74, 6) is 0. The minimum atomic E-state index is 0.827. The molecule has 0 spiro atoms. The first-order valence-corrected chi connectivity index (χ1v) is 6.22. The molecule has 0 aliphatic carbocycles. The van der Waals surface area contributed by atoms with Crippen LogP contribution in [-0.4, -0.2) is 14.5 Å². The van der Waals surface area contributed by atoms with Gasteiger partial charge < -0.3 is 9.88 Å². The van der Waals surface area contributed by atoms with E-state index in [1.54, 1.807) is 11.3 Å². The van der Waals surface area contributed by atoms with Crippen molar-refractivity contribution >= 4 is 11.3 Å². The molecule has 0 atom stereocenters. The van der Waals surface area contributed by atoms with Gasteiger partial charge in [-0.3, -0.25) is 0 Å². The van der Waals surface area contributed by atoms with E-state index in [0.29, 0.717) is 0 Å². The van der Waals surface area contributed by atoms with E-state index in [-0.39, 0.29) is 0 Å². The summed E-state index contributed by atoms with van der Waals surface area (Å²) in [7, 11) is 0. The Morgan fingerprint density at radius 3 is 2.94 bits per heavy atom. The third-order valence-corrected chi connectivity index (χ3v) is 3.30. The van der Waals surface area contributed by atoms with Gasteiger partial charge in [-0.05, 0) is 13.8 Å². The molecule has 2 rings (SSSR count). The van der Waals surface area contributed by atoms with E-state index >= 15 is 0 Å². The largest absolute Gasteiger partial charge is 0.334 e. The third-order valence-electron chi connectivity index (χ3n) is 2.39. The Morgan fingerprint density at radius 2 is 2.25 bits per heavy atom. The lowest BCUT2D eigenvalue weighted by molar-refractivity contribution is 0.627. The maximum absolute atomic E-state index is 4.31. The number of thiazole rings is 1. The highest BCUT2D eigenvalue weighted by Gasteiger charge is 2.01. The van der Waals surface area contributed by atoms with E-state index in [2.05, 4.69) is 33.7 Å². The van der Waals surface area contributed by atoms with Crippen LogP contribution in [0.4, 0.5) is 0 Å². The van der Waals surface area contributed by atoms with E-state index in [4.69, 9.17) is 0 Å². The summed E-state index contributed by atoms with van der Waals surface area (Å²) in [5.41, 5.74) is 1.22. The van der Waals surface area contributed by atoms with Gasteiger partial charge in [0.15, 0.2) is 0 Å². The molecule has 86 valence electrons. The number of aryl methyl sites for hydroxylation is 2. The Balaban J connectivity index is 1.84. The number of aromatic nitrogens is 3. The lowest BCUT2D eigenvalue weighted by Gasteiger charge is -2.05. The molecular formula is C11H16N4S. The molecule has 5 heteroatoms. The molecule has 0 aliphatic heterocycles. The molecule has 2 aromatic heterocycles. The highest BCUT2D eigenvalue weighted by atomic mass is 32.1. The van der Waals surface area contributed by atoms with Crippen molar-refractivity contribution in [2.45, 2.75) is 33.5 Å². The molecule has 1 N–H and O–H groups in total. The Labute approximate surface area is 99.4 Å². The normalized spacial score (nSPS) is 10.9. The summed E-state index contributed by atoms with van der Waals surface area (Å²) in [6.45, 7) is 6.83. The van der Waals surface area contributed by atoms with Crippen LogP contribution in [0.5, 0.6) is 0 Å². The molecule has 2 heterocycles. The molecule has 2 aromatic rings. The van der Waals surface area contributed by atoms with Gasteiger partial charge in [-0.25, -0.2) is 9.97 Å². The van der Waals surface area contributed by atoms with Crippen molar-refractivity contribution < 1.29 is 0 Å². The summed E-state index contributed by atoms with van der Waals surface area (Å²) in [4.78, 5) is 9.70. The molecule has 0 saturated carbocycles. The van der Waals surface area contributed by atoms with E-state index < -0.39 is 0 Å². The second kappa shape index (κ2) is 5.23.